The molecule has 0 amide bonds. The zero-order valence-corrected chi connectivity index (χ0v) is 18.5. The van der Waals surface area contributed by atoms with Crippen molar-refractivity contribution in [3.63, 3.8) is 0 Å². The largest absolute Gasteiger partial charge is 0.309 e. The normalized spacial score (nSPS) is 12.4. The van der Waals surface area contributed by atoms with E-state index in [1.807, 2.05) is 44.4 Å². The maximum Gasteiger partial charge on any atom is 0.268 e. The van der Waals surface area contributed by atoms with Crippen LogP contribution in [0.5, 0.6) is 0 Å². The number of nitrogens with zero attached hydrogens (tertiary/aromatic N) is 2. The van der Waals surface area contributed by atoms with Gasteiger partial charge in [0.2, 0.25) is 0 Å². The molecule has 27 heavy (non-hydrogen) atoms. The van der Waals surface area contributed by atoms with Gasteiger partial charge in [-0.1, -0.05) is 38.1 Å². The maximum atomic E-state index is 13.4. The van der Waals surface area contributed by atoms with Crippen LogP contribution in [0.25, 0.3) is 10.9 Å². The lowest BCUT2D eigenvalue weighted by Gasteiger charge is -2.10. The van der Waals surface area contributed by atoms with Crippen molar-refractivity contribution < 1.29 is 8.42 Å². The Morgan fingerprint density at radius 2 is 1.74 bits per heavy atom. The van der Waals surface area contributed by atoms with Gasteiger partial charge in [-0.15, -0.1) is 0 Å². The zero-order valence-electron chi connectivity index (χ0n) is 16.1. The van der Waals surface area contributed by atoms with E-state index in [0.29, 0.717) is 16.3 Å². The first-order chi connectivity index (χ1) is 12.7. The van der Waals surface area contributed by atoms with Gasteiger partial charge in [0.15, 0.2) is 0 Å². The van der Waals surface area contributed by atoms with Crippen LogP contribution in [0.4, 0.5) is 0 Å². The van der Waals surface area contributed by atoms with Crippen molar-refractivity contribution in [2.45, 2.75) is 31.1 Å². The van der Waals surface area contributed by atoms with Crippen LogP contribution in [0.1, 0.15) is 30.9 Å². The number of hydrogen-bond acceptors (Lipinski definition) is 3. The van der Waals surface area contributed by atoms with Crippen molar-refractivity contribution in [2.75, 3.05) is 20.6 Å². The molecule has 0 spiro atoms. The molecule has 144 valence electrons. The molecule has 1 heterocycles. The summed E-state index contributed by atoms with van der Waals surface area (Å²) in [5, 5.41) is 0.966. The second-order valence-electron chi connectivity index (χ2n) is 7.37. The van der Waals surface area contributed by atoms with Gasteiger partial charge in [0.25, 0.3) is 10.0 Å². The molecule has 0 aliphatic rings. The molecule has 0 radical (unpaired) electrons. The summed E-state index contributed by atoms with van der Waals surface area (Å²) in [5.74, 6) is 0.362. The van der Waals surface area contributed by atoms with Gasteiger partial charge in [0, 0.05) is 22.6 Å². The van der Waals surface area contributed by atoms with Crippen LogP contribution in [0.2, 0.25) is 0 Å². The van der Waals surface area contributed by atoms with E-state index in [2.05, 4.69) is 34.7 Å². The highest BCUT2D eigenvalue weighted by molar-refractivity contribution is 9.10. The van der Waals surface area contributed by atoms with Gasteiger partial charge >= 0.3 is 0 Å². The summed E-state index contributed by atoms with van der Waals surface area (Å²) >= 11 is 3.54. The van der Waals surface area contributed by atoms with Crippen molar-refractivity contribution in [1.82, 2.24) is 8.87 Å². The van der Waals surface area contributed by atoms with Gasteiger partial charge in [0.05, 0.1) is 10.4 Å². The topological polar surface area (TPSA) is 42.3 Å². The summed E-state index contributed by atoms with van der Waals surface area (Å²) in [6.07, 6.45) is 2.55. The summed E-state index contributed by atoms with van der Waals surface area (Å²) in [6.45, 7) is 5.04. The van der Waals surface area contributed by atoms with Crippen LogP contribution in [0, 0.1) is 0 Å². The first kappa shape index (κ1) is 20.1. The number of likely N-dealkylation sites (N-methyl/N-ethyl adjacent to an activating group) is 1. The van der Waals surface area contributed by atoms with E-state index in [9.17, 15) is 8.42 Å². The molecular weight excluding hydrogens is 424 g/mol. The van der Waals surface area contributed by atoms with E-state index >= 15 is 0 Å². The third-order valence-electron chi connectivity index (χ3n) is 4.76. The molecule has 0 aliphatic carbocycles. The quantitative estimate of drug-likeness (QED) is 0.540. The SMILES string of the molecule is CC(C)c1ccc(S(=O)(=O)n2cc(CCN(C)C)c3cccc(Br)c32)cc1. The zero-order chi connectivity index (χ0) is 19.8. The number of para-hydroxylation sites is 1. The van der Waals surface area contributed by atoms with Gasteiger partial charge in [-0.05, 0) is 71.7 Å². The third kappa shape index (κ3) is 3.98. The summed E-state index contributed by atoms with van der Waals surface area (Å²) in [5.41, 5.74) is 2.85. The van der Waals surface area contributed by atoms with Crippen molar-refractivity contribution >= 4 is 36.9 Å². The Bertz CT molecular complexity index is 1050. The highest BCUT2D eigenvalue weighted by Gasteiger charge is 2.22. The van der Waals surface area contributed by atoms with Gasteiger partial charge in [0.1, 0.15) is 0 Å². The monoisotopic (exact) mass is 448 g/mol. The minimum atomic E-state index is -3.68. The lowest BCUT2D eigenvalue weighted by molar-refractivity contribution is 0.414. The Hall–Kier alpha value is -1.63. The Kier molecular flexibility index (Phi) is 5.79. The number of halogens is 1. The van der Waals surface area contributed by atoms with Crippen molar-refractivity contribution in [3.05, 3.63) is 64.3 Å². The second kappa shape index (κ2) is 7.78. The smallest absolute Gasteiger partial charge is 0.268 e. The molecule has 0 bridgehead atoms. The summed E-state index contributed by atoms with van der Waals surface area (Å²) in [7, 11) is 0.357. The fourth-order valence-corrected chi connectivity index (χ4v) is 5.23. The van der Waals surface area contributed by atoms with Gasteiger partial charge in [-0.3, -0.25) is 0 Å². The Labute approximate surface area is 170 Å². The highest BCUT2D eigenvalue weighted by atomic mass is 79.9. The molecule has 0 saturated carbocycles. The summed E-state index contributed by atoms with van der Waals surface area (Å²) in [6, 6.07) is 13.0. The predicted molar refractivity (Wildman–Crippen MR) is 115 cm³/mol. The lowest BCUT2D eigenvalue weighted by atomic mass is 10.0. The Morgan fingerprint density at radius 1 is 1.07 bits per heavy atom. The molecule has 0 fully saturated rings. The summed E-state index contributed by atoms with van der Waals surface area (Å²) < 4.78 is 28.9. The van der Waals surface area contributed by atoms with Crippen LogP contribution in [0.15, 0.2) is 58.0 Å². The molecule has 1 aromatic heterocycles. The highest BCUT2D eigenvalue weighted by Crippen LogP contribution is 2.32. The van der Waals surface area contributed by atoms with E-state index in [-0.39, 0.29) is 0 Å². The predicted octanol–water partition coefficient (Wildman–Crippen LogP) is 4.87. The molecule has 0 N–H and O–H groups in total. The molecule has 3 rings (SSSR count). The average Bonchev–Trinajstić information content (AvgIpc) is 3.01. The molecule has 0 unspecified atom stereocenters. The molecule has 2 aromatic carbocycles. The minimum Gasteiger partial charge on any atom is -0.309 e. The van der Waals surface area contributed by atoms with Gasteiger partial charge in [-0.25, -0.2) is 12.4 Å². The van der Waals surface area contributed by atoms with E-state index in [4.69, 9.17) is 0 Å². The molecule has 0 aliphatic heterocycles. The number of aromatic nitrogens is 1. The Balaban J connectivity index is 2.14. The number of fused-ring (bicyclic) bond motifs is 1. The van der Waals surface area contributed by atoms with Gasteiger partial charge in [-0.2, -0.15) is 0 Å². The van der Waals surface area contributed by atoms with E-state index < -0.39 is 10.0 Å². The van der Waals surface area contributed by atoms with Gasteiger partial charge < -0.3 is 4.90 Å². The van der Waals surface area contributed by atoms with Crippen LogP contribution in [0.3, 0.4) is 0 Å². The molecule has 6 heteroatoms. The number of benzene rings is 2. The number of rotatable bonds is 6. The Morgan fingerprint density at radius 3 is 2.33 bits per heavy atom. The van der Waals surface area contributed by atoms with E-state index in [0.717, 1.165) is 34.0 Å². The lowest BCUT2D eigenvalue weighted by Crippen LogP contribution is -2.15. The second-order valence-corrected chi connectivity index (χ2v) is 10.0. The molecule has 0 atom stereocenters. The van der Waals surface area contributed by atoms with Crippen molar-refractivity contribution in [3.8, 4) is 0 Å². The van der Waals surface area contributed by atoms with Crippen LogP contribution >= 0.6 is 15.9 Å². The van der Waals surface area contributed by atoms with Crippen LogP contribution < -0.4 is 0 Å². The summed E-state index contributed by atoms with van der Waals surface area (Å²) in [4.78, 5) is 2.40. The molecule has 0 saturated heterocycles. The van der Waals surface area contributed by atoms with Crippen molar-refractivity contribution in [1.29, 1.82) is 0 Å². The fourth-order valence-electron chi connectivity index (χ4n) is 3.15. The third-order valence-corrected chi connectivity index (χ3v) is 7.07. The minimum absolute atomic E-state index is 0.304. The average molecular weight is 449 g/mol. The van der Waals surface area contributed by atoms with Crippen LogP contribution in [-0.4, -0.2) is 37.9 Å². The molecular formula is C21H25BrN2O2S. The fraction of sp³-hybridized carbons (Fsp3) is 0.333. The van der Waals surface area contributed by atoms with E-state index in [1.54, 1.807) is 18.3 Å². The van der Waals surface area contributed by atoms with Crippen LogP contribution in [-0.2, 0) is 16.4 Å². The maximum absolute atomic E-state index is 13.4. The first-order valence-corrected chi connectivity index (χ1v) is 11.2. The number of hydrogen-bond donors (Lipinski definition) is 0. The molecule has 3 aromatic rings. The molecule has 4 nitrogen and oxygen atoms in total. The van der Waals surface area contributed by atoms with E-state index in [1.165, 1.54) is 3.97 Å². The first-order valence-electron chi connectivity index (χ1n) is 9.00. The van der Waals surface area contributed by atoms with Crippen molar-refractivity contribution in [2.24, 2.45) is 0 Å². The standard InChI is InChI=1S/C21H25BrN2O2S/c1-15(2)16-8-10-18(11-9-16)27(25,26)24-14-17(12-13-23(3)4)19-6-5-7-20(22)21(19)24/h5-11,14-15H,12-13H2,1-4H3.